The molecule has 8 nitrogen and oxygen atoms in total. The number of carbonyl (C=O) groups excluding carboxylic acids is 1. The minimum absolute atomic E-state index is 0.0902. The summed E-state index contributed by atoms with van der Waals surface area (Å²) in [6.45, 7) is 4.97. The van der Waals surface area contributed by atoms with E-state index >= 15 is 0 Å². The molecular weight excluding hydrogens is 637 g/mol. The van der Waals surface area contributed by atoms with Gasteiger partial charge in [-0.1, -0.05) is 194 Å². The zero-order valence-electron chi connectivity index (χ0n) is 32.5. The maximum Gasteiger partial charge on any atom is 0.472 e. The Balaban J connectivity index is 3.96. The van der Waals surface area contributed by atoms with Crippen molar-refractivity contribution in [2.75, 3.05) is 33.0 Å². The van der Waals surface area contributed by atoms with Crippen molar-refractivity contribution in [3.05, 3.63) is 0 Å². The van der Waals surface area contributed by atoms with Gasteiger partial charge in [-0.2, -0.15) is 0 Å². The lowest BCUT2D eigenvalue weighted by atomic mass is 10.0. The molecule has 2 atom stereocenters. The summed E-state index contributed by atoms with van der Waals surface area (Å²) >= 11 is 0. The van der Waals surface area contributed by atoms with E-state index in [4.69, 9.17) is 24.3 Å². The van der Waals surface area contributed by atoms with Crippen LogP contribution in [0.4, 0.5) is 0 Å². The molecule has 0 aromatic rings. The first kappa shape index (κ1) is 48.5. The standard InChI is InChI=1S/C40H82NO7P/c1-3-5-7-9-11-13-15-17-18-19-20-21-22-24-26-28-30-32-35-45-37-39(38-47-49(43,44)46-36-34-41)48-40(42)33-31-29-27-25-23-16-14-12-10-8-6-4-2/h39H,3-38,41H2,1-2H3,(H,43,44)/t39-/m1/s1. The van der Waals surface area contributed by atoms with Crippen LogP contribution in [0, 0.1) is 0 Å². The van der Waals surface area contributed by atoms with E-state index in [0.29, 0.717) is 13.0 Å². The predicted octanol–water partition coefficient (Wildman–Crippen LogP) is 12.1. The van der Waals surface area contributed by atoms with Gasteiger partial charge in [0.05, 0.1) is 19.8 Å². The van der Waals surface area contributed by atoms with Crippen molar-refractivity contribution in [1.29, 1.82) is 0 Å². The Morgan fingerprint density at radius 3 is 1.29 bits per heavy atom. The van der Waals surface area contributed by atoms with Gasteiger partial charge in [0, 0.05) is 19.6 Å². The van der Waals surface area contributed by atoms with Crippen molar-refractivity contribution < 1.29 is 32.8 Å². The minimum atomic E-state index is -4.26. The Morgan fingerprint density at radius 1 is 0.531 bits per heavy atom. The van der Waals surface area contributed by atoms with E-state index in [-0.39, 0.29) is 32.3 Å². The van der Waals surface area contributed by atoms with Crippen molar-refractivity contribution in [1.82, 2.24) is 0 Å². The fourth-order valence-electron chi connectivity index (χ4n) is 6.17. The molecule has 294 valence electrons. The summed E-state index contributed by atoms with van der Waals surface area (Å²) < 4.78 is 33.4. The molecule has 0 aliphatic heterocycles. The molecule has 0 amide bonds. The number of ether oxygens (including phenoxy) is 2. The fraction of sp³-hybridized carbons (Fsp3) is 0.975. The molecule has 0 bridgehead atoms. The molecule has 0 heterocycles. The molecule has 3 N–H and O–H groups in total. The van der Waals surface area contributed by atoms with Gasteiger partial charge in [0.15, 0.2) is 0 Å². The van der Waals surface area contributed by atoms with Gasteiger partial charge >= 0.3 is 13.8 Å². The number of hydrogen-bond donors (Lipinski definition) is 2. The number of nitrogens with two attached hydrogens (primary N) is 1. The first-order valence-corrected chi connectivity index (χ1v) is 22.5. The molecule has 0 rings (SSSR count). The Bertz CT molecular complexity index is 727. The summed E-state index contributed by atoms with van der Waals surface area (Å²) in [5.74, 6) is -0.326. The van der Waals surface area contributed by atoms with Crippen molar-refractivity contribution >= 4 is 13.8 Å². The molecule has 0 spiro atoms. The van der Waals surface area contributed by atoms with E-state index in [1.165, 1.54) is 161 Å². The van der Waals surface area contributed by atoms with Gasteiger partial charge in [-0.25, -0.2) is 4.57 Å². The highest BCUT2D eigenvalue weighted by Crippen LogP contribution is 2.43. The van der Waals surface area contributed by atoms with E-state index in [9.17, 15) is 14.3 Å². The van der Waals surface area contributed by atoms with Crippen molar-refractivity contribution in [2.45, 2.75) is 219 Å². The smallest absolute Gasteiger partial charge is 0.457 e. The monoisotopic (exact) mass is 720 g/mol. The van der Waals surface area contributed by atoms with Crippen LogP contribution in [0.1, 0.15) is 213 Å². The third-order valence-corrected chi connectivity index (χ3v) is 10.3. The third-order valence-electron chi connectivity index (χ3n) is 9.27. The number of phosphoric ester groups is 1. The molecule has 0 aliphatic rings. The quantitative estimate of drug-likeness (QED) is 0.0364. The summed E-state index contributed by atoms with van der Waals surface area (Å²) in [5.41, 5.74) is 5.36. The molecular formula is C40H82NO7P. The normalized spacial score (nSPS) is 13.5. The first-order chi connectivity index (χ1) is 23.9. The molecule has 1 unspecified atom stereocenters. The second kappa shape index (κ2) is 38.7. The highest BCUT2D eigenvalue weighted by molar-refractivity contribution is 7.47. The van der Waals surface area contributed by atoms with Crippen LogP contribution in [0.3, 0.4) is 0 Å². The van der Waals surface area contributed by atoms with Crippen LogP contribution in [0.2, 0.25) is 0 Å². The minimum Gasteiger partial charge on any atom is -0.457 e. The Labute approximate surface area is 303 Å². The Morgan fingerprint density at radius 2 is 0.898 bits per heavy atom. The van der Waals surface area contributed by atoms with Gasteiger partial charge < -0.3 is 20.1 Å². The fourth-order valence-corrected chi connectivity index (χ4v) is 6.94. The molecule has 0 aromatic carbocycles. The maximum atomic E-state index is 12.5. The highest BCUT2D eigenvalue weighted by atomic mass is 31.2. The topological polar surface area (TPSA) is 117 Å². The molecule has 49 heavy (non-hydrogen) atoms. The second-order valence-corrected chi connectivity index (χ2v) is 15.7. The van der Waals surface area contributed by atoms with Gasteiger partial charge in [0.25, 0.3) is 0 Å². The van der Waals surface area contributed by atoms with E-state index in [0.717, 1.165) is 32.1 Å². The Hall–Kier alpha value is -0.500. The van der Waals surface area contributed by atoms with Gasteiger partial charge in [0.1, 0.15) is 6.10 Å². The Kier molecular flexibility index (Phi) is 38.3. The van der Waals surface area contributed by atoms with Crippen LogP contribution >= 0.6 is 7.82 Å². The van der Waals surface area contributed by atoms with Gasteiger partial charge in [0.2, 0.25) is 0 Å². The predicted molar refractivity (Wildman–Crippen MR) is 206 cm³/mol. The lowest BCUT2D eigenvalue weighted by molar-refractivity contribution is -0.154. The van der Waals surface area contributed by atoms with E-state index in [1.807, 2.05) is 0 Å². The van der Waals surface area contributed by atoms with Crippen LogP contribution in [0.15, 0.2) is 0 Å². The van der Waals surface area contributed by atoms with Crippen LogP contribution in [0.25, 0.3) is 0 Å². The summed E-state index contributed by atoms with van der Waals surface area (Å²) in [6.07, 6.45) is 38.3. The number of carbonyl (C=O) groups is 1. The van der Waals surface area contributed by atoms with E-state index in [1.54, 1.807) is 0 Å². The molecule has 0 saturated heterocycles. The lowest BCUT2D eigenvalue weighted by Gasteiger charge is -2.20. The first-order valence-electron chi connectivity index (χ1n) is 21.0. The third kappa shape index (κ3) is 38.6. The van der Waals surface area contributed by atoms with Gasteiger partial charge in [-0.3, -0.25) is 13.8 Å². The summed E-state index contributed by atoms with van der Waals surface area (Å²) in [7, 11) is -4.26. The average Bonchev–Trinajstić information content (AvgIpc) is 3.09. The largest absolute Gasteiger partial charge is 0.472 e. The van der Waals surface area contributed by atoms with Gasteiger partial charge in [-0.15, -0.1) is 0 Å². The van der Waals surface area contributed by atoms with E-state index in [2.05, 4.69) is 13.8 Å². The number of rotatable bonds is 41. The summed E-state index contributed by atoms with van der Waals surface area (Å²) in [6, 6.07) is 0. The summed E-state index contributed by atoms with van der Waals surface area (Å²) in [4.78, 5) is 22.4. The molecule has 0 radical (unpaired) electrons. The number of unbranched alkanes of at least 4 members (excludes halogenated alkanes) is 28. The molecule has 0 fully saturated rings. The number of esters is 1. The second-order valence-electron chi connectivity index (χ2n) is 14.2. The molecule has 0 saturated carbocycles. The SMILES string of the molecule is CCCCCCCCCCCCCCCCCCCCOC[C@H](COP(=O)(O)OCCN)OC(=O)CCCCCCCCCCCCCC. The number of phosphoric acid groups is 1. The maximum absolute atomic E-state index is 12.5. The zero-order valence-corrected chi connectivity index (χ0v) is 33.3. The molecule has 0 aliphatic carbocycles. The highest BCUT2D eigenvalue weighted by Gasteiger charge is 2.25. The van der Waals surface area contributed by atoms with E-state index < -0.39 is 13.9 Å². The van der Waals surface area contributed by atoms with Crippen molar-refractivity contribution in [3.63, 3.8) is 0 Å². The average molecular weight is 720 g/mol. The number of hydrogen-bond acceptors (Lipinski definition) is 7. The van der Waals surface area contributed by atoms with Crippen molar-refractivity contribution in [3.8, 4) is 0 Å². The molecule has 9 heteroatoms. The van der Waals surface area contributed by atoms with Gasteiger partial charge in [-0.05, 0) is 12.8 Å². The zero-order chi connectivity index (χ0) is 35.9. The van der Waals surface area contributed by atoms with Crippen LogP contribution in [-0.4, -0.2) is 49.9 Å². The lowest BCUT2D eigenvalue weighted by Crippen LogP contribution is -2.28. The summed E-state index contributed by atoms with van der Waals surface area (Å²) in [5, 5.41) is 0. The molecule has 0 aromatic heterocycles. The van der Waals surface area contributed by atoms with Crippen LogP contribution in [0.5, 0.6) is 0 Å². The van der Waals surface area contributed by atoms with Crippen LogP contribution < -0.4 is 5.73 Å². The van der Waals surface area contributed by atoms with Crippen LogP contribution in [-0.2, 0) is 27.9 Å². The van der Waals surface area contributed by atoms with Crippen molar-refractivity contribution in [2.24, 2.45) is 5.73 Å².